The summed E-state index contributed by atoms with van der Waals surface area (Å²) in [5.74, 6) is 0.0439. The van der Waals surface area contributed by atoms with Gasteiger partial charge in [0.2, 0.25) is 11.8 Å². The summed E-state index contributed by atoms with van der Waals surface area (Å²) in [4.78, 5) is 27.6. The number of hydrogen-bond donors (Lipinski definition) is 1. The molecule has 4 rings (SSSR count). The van der Waals surface area contributed by atoms with Gasteiger partial charge in [0.15, 0.2) is 0 Å². The summed E-state index contributed by atoms with van der Waals surface area (Å²) < 4.78 is 1.89. The number of benzene rings is 1. The number of hydrogen-bond acceptors (Lipinski definition) is 3. The van der Waals surface area contributed by atoms with E-state index in [4.69, 9.17) is 0 Å². The first kappa shape index (κ1) is 20.6. The first-order valence-corrected chi connectivity index (χ1v) is 11.1. The number of carbonyl (C=O) groups excluding carboxylic acids is 2. The van der Waals surface area contributed by atoms with E-state index in [0.29, 0.717) is 18.4 Å². The second kappa shape index (κ2) is 8.25. The second-order valence-corrected chi connectivity index (χ2v) is 9.28. The minimum Gasteiger partial charge on any atom is -0.331 e. The fraction of sp³-hybridized carbons (Fsp3) is 0.542. The first-order valence-electron chi connectivity index (χ1n) is 11.1. The quantitative estimate of drug-likeness (QED) is 0.771. The fourth-order valence-electron chi connectivity index (χ4n) is 4.32. The lowest BCUT2D eigenvalue weighted by molar-refractivity contribution is -0.140. The Kier molecular flexibility index (Phi) is 5.67. The van der Waals surface area contributed by atoms with Crippen LogP contribution in [0, 0.1) is 19.3 Å². The number of anilines is 1. The van der Waals surface area contributed by atoms with E-state index >= 15 is 0 Å². The van der Waals surface area contributed by atoms with Gasteiger partial charge in [-0.3, -0.25) is 9.59 Å². The summed E-state index contributed by atoms with van der Waals surface area (Å²) in [6.07, 6.45) is 6.62. The van der Waals surface area contributed by atoms with Crippen LogP contribution in [0.2, 0.25) is 0 Å². The van der Waals surface area contributed by atoms with E-state index in [1.165, 1.54) is 12.8 Å². The van der Waals surface area contributed by atoms with Crippen molar-refractivity contribution < 1.29 is 9.59 Å². The molecule has 1 saturated heterocycles. The highest BCUT2D eigenvalue weighted by Gasteiger charge is 2.38. The van der Waals surface area contributed by atoms with Crippen molar-refractivity contribution in [1.82, 2.24) is 14.7 Å². The average Bonchev–Trinajstić information content (AvgIpc) is 3.38. The van der Waals surface area contributed by atoms with Crippen molar-refractivity contribution >= 4 is 17.5 Å². The lowest BCUT2D eigenvalue weighted by Gasteiger charge is -2.35. The molecule has 1 aromatic carbocycles. The molecular weight excluding hydrogens is 376 g/mol. The Morgan fingerprint density at radius 2 is 1.90 bits per heavy atom. The molecule has 2 aromatic rings. The topological polar surface area (TPSA) is 67.2 Å². The molecule has 6 nitrogen and oxygen atoms in total. The Bertz CT molecular complexity index is 927. The number of nitrogens with zero attached hydrogens (tertiary/aromatic N) is 3. The normalized spacial score (nSPS) is 20.1. The van der Waals surface area contributed by atoms with Gasteiger partial charge in [-0.15, -0.1) is 0 Å². The minimum atomic E-state index is -0.367. The van der Waals surface area contributed by atoms with Gasteiger partial charge in [-0.1, -0.05) is 6.92 Å². The molecule has 0 spiro atoms. The molecule has 0 radical (unpaired) electrons. The Hall–Kier alpha value is -2.63. The van der Waals surface area contributed by atoms with E-state index in [0.717, 1.165) is 48.4 Å². The molecule has 2 fully saturated rings. The number of aromatic nitrogens is 2. The number of nitrogens with one attached hydrogen (secondary N) is 1. The number of rotatable bonds is 6. The van der Waals surface area contributed by atoms with Crippen molar-refractivity contribution in [2.75, 3.05) is 11.9 Å². The number of likely N-dealkylation sites (tertiary alicyclic amines) is 1. The van der Waals surface area contributed by atoms with Crippen molar-refractivity contribution in [2.24, 2.45) is 5.41 Å². The van der Waals surface area contributed by atoms with Crippen molar-refractivity contribution in [1.29, 1.82) is 0 Å². The molecule has 1 aliphatic heterocycles. The van der Waals surface area contributed by atoms with Gasteiger partial charge in [0.05, 0.1) is 11.4 Å². The van der Waals surface area contributed by atoms with Gasteiger partial charge in [0.25, 0.3) is 0 Å². The third-order valence-corrected chi connectivity index (χ3v) is 6.56. The SMILES string of the molecule is Cc1cc(C)n(-c2ccc(NC(=O)[C@H]3CCCCN3C(=O)CCC3(C)CC3)cc2)n1. The number of amides is 2. The van der Waals surface area contributed by atoms with Gasteiger partial charge in [-0.25, -0.2) is 4.68 Å². The molecule has 6 heteroatoms. The van der Waals surface area contributed by atoms with E-state index < -0.39 is 0 Å². The molecular formula is C24H32N4O2. The van der Waals surface area contributed by atoms with Crippen LogP contribution in [0.3, 0.4) is 0 Å². The van der Waals surface area contributed by atoms with Crippen molar-refractivity contribution in [3.05, 3.63) is 41.7 Å². The highest BCUT2D eigenvalue weighted by atomic mass is 16.2. The monoisotopic (exact) mass is 408 g/mol. The summed E-state index contributed by atoms with van der Waals surface area (Å²) >= 11 is 0. The van der Waals surface area contributed by atoms with Crippen LogP contribution in [-0.4, -0.2) is 39.1 Å². The number of piperidine rings is 1. The number of carbonyl (C=O) groups is 2. The third-order valence-electron chi connectivity index (χ3n) is 6.56. The highest BCUT2D eigenvalue weighted by Crippen LogP contribution is 2.49. The first-order chi connectivity index (χ1) is 14.3. The second-order valence-electron chi connectivity index (χ2n) is 9.28. The maximum absolute atomic E-state index is 13.0. The zero-order chi connectivity index (χ0) is 21.3. The lowest BCUT2D eigenvalue weighted by atomic mass is 9.98. The van der Waals surface area contributed by atoms with Crippen LogP contribution in [0.5, 0.6) is 0 Å². The Morgan fingerprint density at radius 1 is 1.17 bits per heavy atom. The molecule has 30 heavy (non-hydrogen) atoms. The molecule has 2 aliphatic rings. The Balaban J connectivity index is 1.40. The van der Waals surface area contributed by atoms with E-state index in [1.54, 1.807) is 0 Å². The summed E-state index contributed by atoms with van der Waals surface area (Å²) in [5, 5.41) is 7.52. The smallest absolute Gasteiger partial charge is 0.247 e. The largest absolute Gasteiger partial charge is 0.331 e. The van der Waals surface area contributed by atoms with E-state index in [-0.39, 0.29) is 17.9 Å². The summed E-state index contributed by atoms with van der Waals surface area (Å²) in [6, 6.07) is 9.37. The third kappa shape index (κ3) is 4.58. The standard InChI is InChI=1S/C24H32N4O2/c1-17-16-18(2)28(26-17)20-9-7-19(8-10-20)25-23(30)21-6-4-5-15-27(21)22(29)11-12-24(3)13-14-24/h7-10,16,21H,4-6,11-15H2,1-3H3,(H,25,30)/t21-/m1/s1. The van der Waals surface area contributed by atoms with Gasteiger partial charge in [-0.2, -0.15) is 5.10 Å². The van der Waals surface area contributed by atoms with E-state index in [2.05, 4.69) is 17.3 Å². The fourth-order valence-corrected chi connectivity index (χ4v) is 4.32. The van der Waals surface area contributed by atoms with Crippen LogP contribution < -0.4 is 5.32 Å². The molecule has 1 atom stereocenters. The van der Waals surface area contributed by atoms with Crippen LogP contribution in [0.1, 0.15) is 63.3 Å². The molecule has 1 N–H and O–H groups in total. The predicted octanol–water partition coefficient (Wildman–Crippen LogP) is 4.39. The Morgan fingerprint density at radius 3 is 2.53 bits per heavy atom. The highest BCUT2D eigenvalue weighted by molar-refractivity contribution is 5.97. The van der Waals surface area contributed by atoms with Crippen LogP contribution >= 0.6 is 0 Å². The Labute approximate surface area is 178 Å². The van der Waals surface area contributed by atoms with Gasteiger partial charge in [-0.05, 0) is 88.1 Å². The molecule has 160 valence electrons. The van der Waals surface area contributed by atoms with E-state index in [1.807, 2.05) is 53.8 Å². The summed E-state index contributed by atoms with van der Waals surface area (Å²) in [5.41, 5.74) is 4.11. The molecule has 1 aliphatic carbocycles. The maximum Gasteiger partial charge on any atom is 0.247 e. The molecule has 1 saturated carbocycles. The van der Waals surface area contributed by atoms with Crippen LogP contribution in [-0.2, 0) is 9.59 Å². The number of aryl methyl sites for hydroxylation is 2. The summed E-state index contributed by atoms with van der Waals surface area (Å²) in [7, 11) is 0. The van der Waals surface area contributed by atoms with Crippen molar-refractivity contribution in [2.45, 2.75) is 71.8 Å². The van der Waals surface area contributed by atoms with E-state index in [9.17, 15) is 9.59 Å². The van der Waals surface area contributed by atoms with Crippen LogP contribution in [0.15, 0.2) is 30.3 Å². The summed E-state index contributed by atoms with van der Waals surface area (Å²) in [6.45, 7) is 6.93. The molecule has 2 heterocycles. The van der Waals surface area contributed by atoms with Crippen molar-refractivity contribution in [3.63, 3.8) is 0 Å². The average molecular weight is 409 g/mol. The van der Waals surface area contributed by atoms with Crippen LogP contribution in [0.4, 0.5) is 5.69 Å². The zero-order valence-corrected chi connectivity index (χ0v) is 18.3. The van der Waals surface area contributed by atoms with Gasteiger partial charge < -0.3 is 10.2 Å². The minimum absolute atomic E-state index is 0.0838. The van der Waals surface area contributed by atoms with Gasteiger partial charge >= 0.3 is 0 Å². The zero-order valence-electron chi connectivity index (χ0n) is 18.3. The van der Waals surface area contributed by atoms with Crippen LogP contribution in [0.25, 0.3) is 5.69 Å². The molecule has 0 bridgehead atoms. The molecule has 1 aromatic heterocycles. The maximum atomic E-state index is 13.0. The van der Waals surface area contributed by atoms with Gasteiger partial charge in [0, 0.05) is 24.3 Å². The predicted molar refractivity (Wildman–Crippen MR) is 118 cm³/mol. The lowest BCUT2D eigenvalue weighted by Crippen LogP contribution is -2.50. The van der Waals surface area contributed by atoms with Gasteiger partial charge in [0.1, 0.15) is 6.04 Å². The molecule has 2 amide bonds. The van der Waals surface area contributed by atoms with Crippen molar-refractivity contribution in [3.8, 4) is 5.69 Å². The molecule has 0 unspecified atom stereocenters.